The van der Waals surface area contributed by atoms with Crippen LogP contribution < -0.4 is 10.1 Å². The van der Waals surface area contributed by atoms with Gasteiger partial charge in [0, 0.05) is 0 Å². The fourth-order valence-corrected chi connectivity index (χ4v) is 3.58. The van der Waals surface area contributed by atoms with Gasteiger partial charge in [0.05, 0.1) is 11.8 Å². The minimum absolute atomic E-state index is 0.113. The molecular weight excluding hydrogens is 280 g/mol. The number of nitrogens with zero attached hydrogens (tertiary/aromatic N) is 3. The summed E-state index contributed by atoms with van der Waals surface area (Å²) >= 11 is 0. The van der Waals surface area contributed by atoms with Gasteiger partial charge < -0.3 is 15.2 Å². The Morgan fingerprint density at radius 1 is 1.14 bits per heavy atom. The fraction of sp³-hybridized carbons (Fsp3) is 0.500. The van der Waals surface area contributed by atoms with Gasteiger partial charge in [0.2, 0.25) is 0 Å². The molecule has 1 aromatic carbocycles. The molecule has 4 atom stereocenters. The number of aliphatic hydroxyl groups is 1. The molecule has 2 heterocycles. The topological polar surface area (TPSA) is 72.2 Å². The first-order chi connectivity index (χ1) is 10.8. The molecule has 4 rings (SSSR count). The van der Waals surface area contributed by atoms with Crippen LogP contribution >= 0.6 is 0 Å². The standard InChI is InChI=1S/C16H20N4O2/c21-15-5-11-7-17-8-12(11)6-16(15)22-14-3-1-13(2-4-14)20-10-18-9-19-20/h1-4,9-12,15-17,21H,5-8H2/t11-,12+,15+,16+/m0/s1. The summed E-state index contributed by atoms with van der Waals surface area (Å²) in [4.78, 5) is 3.94. The molecule has 1 saturated carbocycles. The van der Waals surface area contributed by atoms with Crippen LogP contribution in [0.3, 0.4) is 0 Å². The lowest BCUT2D eigenvalue weighted by Gasteiger charge is -2.35. The molecule has 2 aliphatic rings. The summed E-state index contributed by atoms with van der Waals surface area (Å²) in [6, 6.07) is 7.73. The van der Waals surface area contributed by atoms with Crippen LogP contribution in [0.2, 0.25) is 0 Å². The first-order valence-corrected chi connectivity index (χ1v) is 7.80. The van der Waals surface area contributed by atoms with E-state index >= 15 is 0 Å². The van der Waals surface area contributed by atoms with Crippen molar-refractivity contribution in [1.29, 1.82) is 0 Å². The zero-order valence-corrected chi connectivity index (χ0v) is 12.3. The third-order valence-electron chi connectivity index (χ3n) is 4.80. The van der Waals surface area contributed by atoms with E-state index in [0.717, 1.165) is 37.4 Å². The molecule has 0 bridgehead atoms. The Kier molecular flexibility index (Phi) is 3.56. The highest BCUT2D eigenvalue weighted by molar-refractivity contribution is 5.36. The lowest BCUT2D eigenvalue weighted by atomic mass is 9.78. The number of hydrogen-bond acceptors (Lipinski definition) is 5. The number of ether oxygens (including phenoxy) is 1. The first-order valence-electron chi connectivity index (χ1n) is 7.80. The van der Waals surface area contributed by atoms with Crippen molar-refractivity contribution < 1.29 is 9.84 Å². The summed E-state index contributed by atoms with van der Waals surface area (Å²) in [5.74, 6) is 2.02. The van der Waals surface area contributed by atoms with Crippen LogP contribution in [0.4, 0.5) is 0 Å². The number of nitrogens with one attached hydrogen (secondary N) is 1. The Balaban J connectivity index is 1.44. The summed E-state index contributed by atoms with van der Waals surface area (Å²) in [6.45, 7) is 2.07. The highest BCUT2D eigenvalue weighted by Gasteiger charge is 2.39. The Labute approximate surface area is 129 Å². The van der Waals surface area contributed by atoms with Crippen LogP contribution in [0.5, 0.6) is 5.75 Å². The highest BCUT2D eigenvalue weighted by Crippen LogP contribution is 2.34. The van der Waals surface area contributed by atoms with Gasteiger partial charge in [0.25, 0.3) is 0 Å². The molecule has 0 spiro atoms. The summed E-state index contributed by atoms with van der Waals surface area (Å²) in [6.07, 6.45) is 4.43. The predicted octanol–water partition coefficient (Wildman–Crippen LogP) is 1.00. The van der Waals surface area contributed by atoms with E-state index in [2.05, 4.69) is 15.4 Å². The van der Waals surface area contributed by atoms with Crippen molar-refractivity contribution in [2.75, 3.05) is 13.1 Å². The smallest absolute Gasteiger partial charge is 0.138 e. The number of hydrogen-bond donors (Lipinski definition) is 2. The maximum absolute atomic E-state index is 10.3. The third-order valence-corrected chi connectivity index (χ3v) is 4.80. The lowest BCUT2D eigenvalue weighted by molar-refractivity contribution is -0.0231. The van der Waals surface area contributed by atoms with Gasteiger partial charge >= 0.3 is 0 Å². The van der Waals surface area contributed by atoms with E-state index in [4.69, 9.17) is 4.74 Å². The van der Waals surface area contributed by atoms with Gasteiger partial charge in [-0.05, 0) is 62.0 Å². The maximum atomic E-state index is 10.3. The molecule has 1 saturated heterocycles. The van der Waals surface area contributed by atoms with Crippen LogP contribution in [-0.2, 0) is 0 Å². The van der Waals surface area contributed by atoms with E-state index in [1.54, 1.807) is 11.0 Å². The minimum Gasteiger partial charge on any atom is -0.488 e. The molecule has 1 aromatic heterocycles. The minimum atomic E-state index is -0.379. The second kappa shape index (κ2) is 5.70. The predicted molar refractivity (Wildman–Crippen MR) is 80.9 cm³/mol. The van der Waals surface area contributed by atoms with Crippen LogP contribution in [0.1, 0.15) is 12.8 Å². The summed E-state index contributed by atoms with van der Waals surface area (Å²) in [7, 11) is 0. The van der Waals surface area contributed by atoms with Crippen molar-refractivity contribution in [2.24, 2.45) is 11.8 Å². The fourth-order valence-electron chi connectivity index (χ4n) is 3.58. The summed E-state index contributed by atoms with van der Waals surface area (Å²) in [5, 5.41) is 17.8. The molecule has 0 amide bonds. The SMILES string of the molecule is O[C@@H]1C[C@H]2CNC[C@H]2C[C@H]1Oc1ccc(-n2cncn2)cc1. The second-order valence-electron chi connectivity index (χ2n) is 6.21. The average molecular weight is 300 g/mol. The molecule has 2 fully saturated rings. The molecule has 2 aromatic rings. The van der Waals surface area contributed by atoms with E-state index in [0.29, 0.717) is 11.8 Å². The Morgan fingerprint density at radius 3 is 2.64 bits per heavy atom. The Hall–Kier alpha value is -1.92. The number of rotatable bonds is 3. The van der Waals surface area contributed by atoms with Gasteiger partial charge in [0.1, 0.15) is 24.5 Å². The van der Waals surface area contributed by atoms with Gasteiger partial charge in [-0.1, -0.05) is 0 Å². The number of benzene rings is 1. The van der Waals surface area contributed by atoms with Crippen LogP contribution in [-0.4, -0.2) is 45.2 Å². The monoisotopic (exact) mass is 300 g/mol. The van der Waals surface area contributed by atoms with Crippen molar-refractivity contribution in [3.8, 4) is 11.4 Å². The molecule has 1 aliphatic carbocycles. The molecule has 0 unspecified atom stereocenters. The van der Waals surface area contributed by atoms with Gasteiger partial charge in [-0.3, -0.25) is 0 Å². The third kappa shape index (κ3) is 2.60. The number of fused-ring (bicyclic) bond motifs is 1. The normalized spacial score (nSPS) is 31.0. The van der Waals surface area contributed by atoms with E-state index in [1.165, 1.54) is 6.33 Å². The van der Waals surface area contributed by atoms with E-state index in [9.17, 15) is 5.11 Å². The van der Waals surface area contributed by atoms with Crippen molar-refractivity contribution in [3.05, 3.63) is 36.9 Å². The molecular formula is C16H20N4O2. The molecule has 1 aliphatic heterocycles. The van der Waals surface area contributed by atoms with Crippen LogP contribution in [0, 0.1) is 11.8 Å². The van der Waals surface area contributed by atoms with E-state index in [-0.39, 0.29) is 12.2 Å². The zero-order chi connectivity index (χ0) is 14.9. The second-order valence-corrected chi connectivity index (χ2v) is 6.21. The first kappa shape index (κ1) is 13.7. The zero-order valence-electron chi connectivity index (χ0n) is 12.3. The quantitative estimate of drug-likeness (QED) is 0.885. The van der Waals surface area contributed by atoms with Crippen molar-refractivity contribution in [2.45, 2.75) is 25.0 Å². The summed E-state index contributed by atoms with van der Waals surface area (Å²) in [5.41, 5.74) is 0.939. The Bertz CT molecular complexity index is 614. The van der Waals surface area contributed by atoms with Crippen molar-refractivity contribution in [1.82, 2.24) is 20.1 Å². The van der Waals surface area contributed by atoms with E-state index in [1.807, 2.05) is 24.3 Å². The largest absolute Gasteiger partial charge is 0.488 e. The molecule has 6 heteroatoms. The lowest BCUT2D eigenvalue weighted by Crippen LogP contribution is -2.42. The van der Waals surface area contributed by atoms with Crippen molar-refractivity contribution in [3.63, 3.8) is 0 Å². The molecule has 116 valence electrons. The van der Waals surface area contributed by atoms with E-state index < -0.39 is 0 Å². The number of aliphatic hydroxyl groups excluding tert-OH is 1. The molecule has 2 N–H and O–H groups in total. The van der Waals surface area contributed by atoms with Gasteiger partial charge in [-0.15, -0.1) is 0 Å². The molecule has 22 heavy (non-hydrogen) atoms. The van der Waals surface area contributed by atoms with Crippen LogP contribution in [0.15, 0.2) is 36.9 Å². The highest BCUT2D eigenvalue weighted by atomic mass is 16.5. The maximum Gasteiger partial charge on any atom is 0.138 e. The Morgan fingerprint density at radius 2 is 1.91 bits per heavy atom. The van der Waals surface area contributed by atoms with Gasteiger partial charge in [-0.2, -0.15) is 5.10 Å². The molecule has 6 nitrogen and oxygen atoms in total. The average Bonchev–Trinajstić information content (AvgIpc) is 3.19. The van der Waals surface area contributed by atoms with Crippen molar-refractivity contribution >= 4 is 0 Å². The van der Waals surface area contributed by atoms with Gasteiger partial charge in [0.15, 0.2) is 0 Å². The van der Waals surface area contributed by atoms with Crippen LogP contribution in [0.25, 0.3) is 5.69 Å². The number of aromatic nitrogens is 3. The summed E-state index contributed by atoms with van der Waals surface area (Å²) < 4.78 is 7.73. The van der Waals surface area contributed by atoms with Gasteiger partial charge in [-0.25, -0.2) is 9.67 Å². The molecule has 0 radical (unpaired) electrons.